The van der Waals surface area contributed by atoms with E-state index in [9.17, 15) is 0 Å². The van der Waals surface area contributed by atoms with Crippen LogP contribution in [0.3, 0.4) is 0 Å². The van der Waals surface area contributed by atoms with Crippen LogP contribution in [-0.4, -0.2) is 14.8 Å². The minimum absolute atomic E-state index is 0.284. The Balaban J connectivity index is 2.63. The van der Waals surface area contributed by atoms with Crippen molar-refractivity contribution in [1.82, 2.24) is 14.8 Å². The summed E-state index contributed by atoms with van der Waals surface area (Å²) < 4.78 is 3.13. The average Bonchev–Trinajstić information content (AvgIpc) is 2.75. The molecule has 0 bridgehead atoms. The normalized spacial score (nSPS) is 11.2. The predicted octanol–water partition coefficient (Wildman–Crippen LogP) is 3.06. The van der Waals surface area contributed by atoms with Crippen molar-refractivity contribution >= 4 is 15.9 Å². The molecule has 0 aliphatic heterocycles. The van der Waals surface area contributed by atoms with Gasteiger partial charge in [0.15, 0.2) is 5.82 Å². The molecule has 0 atom stereocenters. The molecule has 2 rings (SSSR count). The Morgan fingerprint density at radius 2 is 2.06 bits per heavy atom. The molecule has 18 heavy (non-hydrogen) atoms. The fourth-order valence-corrected chi connectivity index (χ4v) is 2.39. The Labute approximate surface area is 115 Å². The van der Waals surface area contributed by atoms with Crippen LogP contribution in [0.25, 0.3) is 11.4 Å². The second-order valence-corrected chi connectivity index (χ2v) is 5.48. The van der Waals surface area contributed by atoms with E-state index in [2.05, 4.69) is 63.6 Å². The van der Waals surface area contributed by atoms with E-state index in [1.165, 1.54) is 5.56 Å². The molecule has 1 aromatic carbocycles. The second-order valence-electron chi connectivity index (χ2n) is 4.57. The number of hydrogen-bond acceptors (Lipinski definition) is 3. The van der Waals surface area contributed by atoms with Gasteiger partial charge in [-0.1, -0.05) is 22.0 Å². The van der Waals surface area contributed by atoms with Crippen molar-refractivity contribution in [2.45, 2.75) is 33.4 Å². The van der Waals surface area contributed by atoms with Gasteiger partial charge in [-0.2, -0.15) is 0 Å². The summed E-state index contributed by atoms with van der Waals surface area (Å²) in [5.41, 5.74) is 7.98. The molecule has 1 heterocycles. The van der Waals surface area contributed by atoms with E-state index < -0.39 is 0 Å². The van der Waals surface area contributed by atoms with Gasteiger partial charge in [0.05, 0.1) is 6.54 Å². The van der Waals surface area contributed by atoms with Crippen molar-refractivity contribution < 1.29 is 0 Å². The molecule has 2 aromatic rings. The zero-order valence-electron chi connectivity index (χ0n) is 10.8. The van der Waals surface area contributed by atoms with Crippen molar-refractivity contribution in [3.05, 3.63) is 34.1 Å². The molecule has 0 aliphatic rings. The highest BCUT2D eigenvalue weighted by Crippen LogP contribution is 2.28. The molecule has 4 nitrogen and oxygen atoms in total. The van der Waals surface area contributed by atoms with Crippen molar-refractivity contribution in [1.29, 1.82) is 0 Å². The van der Waals surface area contributed by atoms with E-state index >= 15 is 0 Å². The largest absolute Gasteiger partial charge is 0.324 e. The Hall–Kier alpha value is -1.20. The lowest BCUT2D eigenvalue weighted by Crippen LogP contribution is -2.11. The van der Waals surface area contributed by atoms with Crippen LogP contribution in [-0.2, 0) is 6.54 Å². The molecule has 0 aliphatic carbocycles. The third-order valence-corrected chi connectivity index (χ3v) is 3.40. The van der Waals surface area contributed by atoms with E-state index in [-0.39, 0.29) is 6.04 Å². The van der Waals surface area contributed by atoms with Crippen molar-refractivity contribution in [2.24, 2.45) is 5.73 Å². The molecule has 0 fully saturated rings. The van der Waals surface area contributed by atoms with Gasteiger partial charge < -0.3 is 10.3 Å². The van der Waals surface area contributed by atoms with Gasteiger partial charge in [0, 0.05) is 16.1 Å². The summed E-state index contributed by atoms with van der Waals surface area (Å²) in [5, 5.41) is 8.47. The number of hydrogen-bond donors (Lipinski definition) is 1. The minimum atomic E-state index is 0.284. The SMILES string of the molecule is Cc1ccc(Br)cc1-c1nnc(CN)n1C(C)C. The highest BCUT2D eigenvalue weighted by molar-refractivity contribution is 9.10. The zero-order chi connectivity index (χ0) is 13.3. The molecule has 0 amide bonds. The highest BCUT2D eigenvalue weighted by Gasteiger charge is 2.16. The Morgan fingerprint density at radius 3 is 2.67 bits per heavy atom. The van der Waals surface area contributed by atoms with Crippen molar-refractivity contribution in [3.63, 3.8) is 0 Å². The molecular weight excluding hydrogens is 292 g/mol. The van der Waals surface area contributed by atoms with Gasteiger partial charge in [0.2, 0.25) is 0 Å². The van der Waals surface area contributed by atoms with E-state index in [4.69, 9.17) is 5.73 Å². The molecular formula is C13H17BrN4. The Bertz CT molecular complexity index is 560. The van der Waals surface area contributed by atoms with Crippen molar-refractivity contribution in [3.8, 4) is 11.4 Å². The summed E-state index contributed by atoms with van der Waals surface area (Å²) in [7, 11) is 0. The van der Waals surface area contributed by atoms with Gasteiger partial charge in [-0.05, 0) is 38.5 Å². The molecule has 0 saturated carbocycles. The van der Waals surface area contributed by atoms with Gasteiger partial charge >= 0.3 is 0 Å². The van der Waals surface area contributed by atoms with Crippen LogP contribution in [0.2, 0.25) is 0 Å². The minimum Gasteiger partial charge on any atom is -0.324 e. The van der Waals surface area contributed by atoms with Crippen LogP contribution in [0.15, 0.2) is 22.7 Å². The molecule has 0 saturated heterocycles. The maximum Gasteiger partial charge on any atom is 0.164 e. The number of nitrogens with two attached hydrogens (primary N) is 1. The summed E-state index contributed by atoms with van der Waals surface area (Å²) in [4.78, 5) is 0. The van der Waals surface area contributed by atoms with Crippen LogP contribution < -0.4 is 5.73 Å². The van der Waals surface area contributed by atoms with E-state index in [1.54, 1.807) is 0 Å². The van der Waals surface area contributed by atoms with Crippen LogP contribution >= 0.6 is 15.9 Å². The first-order valence-corrected chi connectivity index (χ1v) is 6.74. The van der Waals surface area contributed by atoms with Gasteiger partial charge in [0.1, 0.15) is 5.82 Å². The number of nitrogens with zero attached hydrogens (tertiary/aromatic N) is 3. The molecule has 0 spiro atoms. The number of halogens is 1. The molecule has 0 radical (unpaired) electrons. The number of rotatable bonds is 3. The Morgan fingerprint density at radius 1 is 1.33 bits per heavy atom. The van der Waals surface area contributed by atoms with Crippen LogP contribution in [0.1, 0.15) is 31.3 Å². The van der Waals surface area contributed by atoms with Crippen molar-refractivity contribution in [2.75, 3.05) is 0 Å². The smallest absolute Gasteiger partial charge is 0.164 e. The standard InChI is InChI=1S/C13H17BrN4/c1-8(2)18-12(7-15)16-17-13(18)11-6-10(14)5-4-9(11)3/h4-6,8H,7,15H2,1-3H3. The first-order valence-electron chi connectivity index (χ1n) is 5.95. The topological polar surface area (TPSA) is 56.7 Å². The van der Waals surface area contributed by atoms with Gasteiger partial charge in [-0.15, -0.1) is 10.2 Å². The average molecular weight is 309 g/mol. The third kappa shape index (κ3) is 2.33. The van der Waals surface area contributed by atoms with E-state index in [0.717, 1.165) is 21.7 Å². The number of aromatic nitrogens is 3. The second kappa shape index (κ2) is 5.20. The fraction of sp³-hybridized carbons (Fsp3) is 0.385. The molecule has 96 valence electrons. The molecule has 2 N–H and O–H groups in total. The zero-order valence-corrected chi connectivity index (χ0v) is 12.4. The predicted molar refractivity (Wildman–Crippen MR) is 76.2 cm³/mol. The number of aryl methyl sites for hydroxylation is 1. The summed E-state index contributed by atoms with van der Waals surface area (Å²) in [6, 6.07) is 6.45. The van der Waals surface area contributed by atoms with Crippen LogP contribution in [0, 0.1) is 6.92 Å². The lowest BCUT2D eigenvalue weighted by molar-refractivity contribution is 0.574. The van der Waals surface area contributed by atoms with Gasteiger partial charge in [-0.3, -0.25) is 0 Å². The van der Waals surface area contributed by atoms with Crippen LogP contribution in [0.4, 0.5) is 0 Å². The fourth-order valence-electron chi connectivity index (χ4n) is 2.02. The van der Waals surface area contributed by atoms with E-state index in [1.807, 2.05) is 6.07 Å². The lowest BCUT2D eigenvalue weighted by Gasteiger charge is -2.14. The maximum atomic E-state index is 5.72. The summed E-state index contributed by atoms with van der Waals surface area (Å²) in [6.45, 7) is 6.69. The van der Waals surface area contributed by atoms with E-state index in [0.29, 0.717) is 6.54 Å². The molecule has 5 heteroatoms. The van der Waals surface area contributed by atoms with Crippen LogP contribution in [0.5, 0.6) is 0 Å². The quantitative estimate of drug-likeness (QED) is 0.948. The molecule has 1 aromatic heterocycles. The number of benzene rings is 1. The highest BCUT2D eigenvalue weighted by atomic mass is 79.9. The summed E-state index contributed by atoms with van der Waals surface area (Å²) in [6.07, 6.45) is 0. The first kappa shape index (κ1) is 13.2. The summed E-state index contributed by atoms with van der Waals surface area (Å²) >= 11 is 3.50. The van der Waals surface area contributed by atoms with Gasteiger partial charge in [0.25, 0.3) is 0 Å². The molecule has 0 unspecified atom stereocenters. The Kier molecular flexibility index (Phi) is 3.82. The monoisotopic (exact) mass is 308 g/mol. The van der Waals surface area contributed by atoms with Gasteiger partial charge in [-0.25, -0.2) is 0 Å². The first-order chi connectivity index (χ1) is 8.54. The third-order valence-electron chi connectivity index (χ3n) is 2.91. The lowest BCUT2D eigenvalue weighted by atomic mass is 10.1. The summed E-state index contributed by atoms with van der Waals surface area (Å²) in [5.74, 6) is 1.70. The maximum absolute atomic E-state index is 5.72.